The predicted molar refractivity (Wildman–Crippen MR) is 61.9 cm³/mol. The molecule has 1 rings (SSSR count). The summed E-state index contributed by atoms with van der Waals surface area (Å²) in [5.41, 5.74) is 3.26. The lowest BCUT2D eigenvalue weighted by molar-refractivity contribution is -0.118. The van der Waals surface area contributed by atoms with Crippen molar-refractivity contribution in [3.05, 3.63) is 11.4 Å². The van der Waals surface area contributed by atoms with E-state index < -0.39 is 0 Å². The van der Waals surface area contributed by atoms with E-state index in [2.05, 4.69) is 26.0 Å². The molecule has 1 aromatic heterocycles. The Kier molecular flexibility index (Phi) is 4.01. The van der Waals surface area contributed by atoms with Crippen LogP contribution in [0.4, 0.5) is 11.6 Å². The molecule has 0 unspecified atom stereocenters. The molecule has 1 aromatic rings. The summed E-state index contributed by atoms with van der Waals surface area (Å²) in [4.78, 5) is 19.4. The van der Waals surface area contributed by atoms with E-state index in [1.807, 2.05) is 6.92 Å². The zero-order valence-electron chi connectivity index (χ0n) is 9.59. The van der Waals surface area contributed by atoms with E-state index in [9.17, 15) is 4.79 Å². The molecule has 0 atom stereocenters. The molecule has 1 heterocycles. The van der Waals surface area contributed by atoms with Crippen molar-refractivity contribution in [2.45, 2.75) is 13.8 Å². The molecule has 88 valence electrons. The summed E-state index contributed by atoms with van der Waals surface area (Å²) in [6, 6.07) is 0. The van der Waals surface area contributed by atoms with Crippen LogP contribution in [0.5, 0.6) is 0 Å². The first-order chi connectivity index (χ1) is 7.58. The Morgan fingerprint density at radius 3 is 2.50 bits per heavy atom. The highest BCUT2D eigenvalue weighted by Gasteiger charge is 2.08. The molecule has 0 saturated carbocycles. The van der Waals surface area contributed by atoms with E-state index >= 15 is 0 Å². The molecule has 0 aliphatic carbocycles. The molecule has 0 bridgehead atoms. The number of hydrazine groups is 1. The van der Waals surface area contributed by atoms with Crippen LogP contribution in [-0.2, 0) is 4.79 Å². The minimum atomic E-state index is -0.113. The number of carbonyl (C=O) groups is 1. The number of nitrogens with one attached hydrogen (secondary N) is 3. The van der Waals surface area contributed by atoms with Gasteiger partial charge in [-0.3, -0.25) is 4.79 Å². The molecule has 0 aliphatic rings. The van der Waals surface area contributed by atoms with Crippen molar-refractivity contribution in [2.24, 2.45) is 5.84 Å². The summed E-state index contributed by atoms with van der Waals surface area (Å²) >= 11 is 0. The van der Waals surface area contributed by atoms with Gasteiger partial charge in [0, 0.05) is 12.6 Å². The van der Waals surface area contributed by atoms with Crippen LogP contribution < -0.4 is 21.9 Å². The maximum absolute atomic E-state index is 11.1. The van der Waals surface area contributed by atoms with E-state index in [0.717, 1.165) is 5.56 Å². The average molecular weight is 224 g/mol. The lowest BCUT2D eigenvalue weighted by Crippen LogP contribution is -2.27. The molecule has 0 aliphatic heterocycles. The summed E-state index contributed by atoms with van der Waals surface area (Å²) in [6.07, 6.45) is 0. The molecule has 0 fully saturated rings. The molecule has 16 heavy (non-hydrogen) atoms. The van der Waals surface area contributed by atoms with E-state index in [1.165, 1.54) is 0 Å². The zero-order chi connectivity index (χ0) is 12.1. The van der Waals surface area contributed by atoms with Gasteiger partial charge in [0.25, 0.3) is 0 Å². The van der Waals surface area contributed by atoms with E-state index in [1.54, 1.807) is 14.0 Å². The smallest absolute Gasteiger partial charge is 0.239 e. The number of carbonyl (C=O) groups excluding carboxylic acids is 1. The molecule has 7 nitrogen and oxygen atoms in total. The third kappa shape index (κ3) is 2.80. The van der Waals surface area contributed by atoms with E-state index in [-0.39, 0.29) is 12.5 Å². The number of nitrogen functional groups attached to an aromatic ring is 1. The number of nitrogens with zero attached hydrogens (tertiary/aromatic N) is 2. The first-order valence-electron chi connectivity index (χ1n) is 4.84. The van der Waals surface area contributed by atoms with Gasteiger partial charge >= 0.3 is 0 Å². The number of hydrogen-bond acceptors (Lipinski definition) is 6. The second-order valence-corrected chi connectivity index (χ2v) is 3.26. The summed E-state index contributed by atoms with van der Waals surface area (Å²) in [7, 11) is 1.58. The third-order valence-corrected chi connectivity index (χ3v) is 2.09. The fourth-order valence-corrected chi connectivity index (χ4v) is 1.19. The highest BCUT2D eigenvalue weighted by Crippen LogP contribution is 2.18. The number of aryl methyl sites for hydroxylation is 1. The van der Waals surface area contributed by atoms with Crippen LogP contribution in [0.15, 0.2) is 0 Å². The SMILES string of the molecule is CNC(=O)CNc1nc(C)nc(NN)c1C. The molecule has 1 amide bonds. The number of hydrogen-bond donors (Lipinski definition) is 4. The van der Waals surface area contributed by atoms with Gasteiger partial charge in [0.15, 0.2) is 0 Å². The van der Waals surface area contributed by atoms with Crippen molar-refractivity contribution in [3.63, 3.8) is 0 Å². The lowest BCUT2D eigenvalue weighted by atomic mass is 10.3. The van der Waals surface area contributed by atoms with Crippen molar-refractivity contribution in [1.82, 2.24) is 15.3 Å². The summed E-state index contributed by atoms with van der Waals surface area (Å²) in [6.45, 7) is 3.74. The maximum Gasteiger partial charge on any atom is 0.239 e. The summed E-state index contributed by atoms with van der Waals surface area (Å²) in [5, 5.41) is 5.43. The standard InChI is InChI=1S/C9H16N6O/c1-5-8(12-4-7(16)11-3)13-6(2)14-9(5)15-10/h4,10H2,1-3H3,(H,11,16)(H2,12,13,14,15). The van der Waals surface area contributed by atoms with Gasteiger partial charge in [-0.05, 0) is 13.8 Å². The van der Waals surface area contributed by atoms with Crippen LogP contribution in [0.25, 0.3) is 0 Å². The molecule has 0 radical (unpaired) electrons. The number of nitrogens with two attached hydrogens (primary N) is 1. The van der Waals surface area contributed by atoms with Gasteiger partial charge in [0.2, 0.25) is 5.91 Å². The van der Waals surface area contributed by atoms with E-state index in [4.69, 9.17) is 5.84 Å². The van der Waals surface area contributed by atoms with Gasteiger partial charge in [-0.2, -0.15) is 0 Å². The second kappa shape index (κ2) is 5.26. The van der Waals surface area contributed by atoms with Crippen LogP contribution in [-0.4, -0.2) is 29.5 Å². The van der Waals surface area contributed by atoms with Crippen LogP contribution in [0.2, 0.25) is 0 Å². The van der Waals surface area contributed by atoms with Crippen molar-refractivity contribution in [2.75, 3.05) is 24.3 Å². The van der Waals surface area contributed by atoms with Gasteiger partial charge in [0.05, 0.1) is 6.54 Å². The third-order valence-electron chi connectivity index (χ3n) is 2.09. The molecule has 5 N–H and O–H groups in total. The van der Waals surface area contributed by atoms with Gasteiger partial charge in [-0.15, -0.1) is 0 Å². The average Bonchev–Trinajstić information content (AvgIpc) is 2.29. The number of anilines is 2. The van der Waals surface area contributed by atoms with Crippen molar-refractivity contribution in [3.8, 4) is 0 Å². The Hall–Kier alpha value is -1.89. The van der Waals surface area contributed by atoms with Crippen molar-refractivity contribution in [1.29, 1.82) is 0 Å². The number of rotatable bonds is 4. The largest absolute Gasteiger partial charge is 0.361 e. The number of aromatic nitrogens is 2. The lowest BCUT2D eigenvalue weighted by Gasteiger charge is -2.11. The second-order valence-electron chi connectivity index (χ2n) is 3.26. The highest BCUT2D eigenvalue weighted by atomic mass is 16.1. The number of amides is 1. The van der Waals surface area contributed by atoms with Crippen LogP contribution in [0.1, 0.15) is 11.4 Å². The van der Waals surface area contributed by atoms with E-state index in [0.29, 0.717) is 17.5 Å². The monoisotopic (exact) mass is 224 g/mol. The van der Waals surface area contributed by atoms with Crippen LogP contribution in [0, 0.1) is 13.8 Å². The van der Waals surface area contributed by atoms with Crippen molar-refractivity contribution < 1.29 is 4.79 Å². The fourth-order valence-electron chi connectivity index (χ4n) is 1.19. The Bertz CT molecular complexity index is 392. The van der Waals surface area contributed by atoms with Gasteiger partial charge in [-0.25, -0.2) is 15.8 Å². The molecule has 0 spiro atoms. The van der Waals surface area contributed by atoms with Gasteiger partial charge in [0.1, 0.15) is 17.5 Å². The Balaban J connectivity index is 2.87. The predicted octanol–water partition coefficient (Wildman–Crippen LogP) is -0.463. The first-order valence-corrected chi connectivity index (χ1v) is 4.84. The van der Waals surface area contributed by atoms with Gasteiger partial charge in [-0.1, -0.05) is 0 Å². The molecule has 0 aromatic carbocycles. The quantitative estimate of drug-likeness (QED) is 0.407. The summed E-state index contributed by atoms with van der Waals surface area (Å²) < 4.78 is 0. The molecule has 7 heteroatoms. The van der Waals surface area contributed by atoms with Crippen LogP contribution in [0.3, 0.4) is 0 Å². The Morgan fingerprint density at radius 1 is 1.31 bits per heavy atom. The molecular formula is C9H16N6O. The van der Waals surface area contributed by atoms with Crippen molar-refractivity contribution >= 4 is 17.5 Å². The van der Waals surface area contributed by atoms with Gasteiger partial charge < -0.3 is 16.1 Å². The minimum Gasteiger partial charge on any atom is -0.361 e. The normalized spacial score (nSPS) is 9.75. The highest BCUT2D eigenvalue weighted by molar-refractivity contribution is 5.80. The van der Waals surface area contributed by atoms with Crippen LogP contribution >= 0.6 is 0 Å². The topological polar surface area (TPSA) is 105 Å². The fraction of sp³-hybridized carbons (Fsp3) is 0.444. The number of likely N-dealkylation sites (N-methyl/N-ethyl adjacent to an activating group) is 1. The molecule has 0 saturated heterocycles. The Morgan fingerprint density at radius 2 is 1.94 bits per heavy atom. The summed E-state index contributed by atoms with van der Waals surface area (Å²) in [5.74, 6) is 6.94. The first kappa shape index (κ1) is 12.2. The minimum absolute atomic E-state index is 0.113. The Labute approximate surface area is 93.8 Å². The maximum atomic E-state index is 11.1. The molecular weight excluding hydrogens is 208 g/mol. The zero-order valence-corrected chi connectivity index (χ0v) is 9.59.